The molecular formula is C50H50O2Zr. The number of benzene rings is 4. The SMILES string of the molecule is CCCc1ccc(-c2cccc3[cH-]c(-c4ccc(CCC)o4)cc23)cc1.CCCc1ccc(-c2cccc3[cH-]c(-c4ccc(CCC)o4)cc23)cc1.[Zr+2]. The molecule has 0 saturated heterocycles. The van der Waals surface area contributed by atoms with Gasteiger partial charge < -0.3 is 8.83 Å². The van der Waals surface area contributed by atoms with E-state index in [-0.39, 0.29) is 26.2 Å². The van der Waals surface area contributed by atoms with Gasteiger partial charge in [0.25, 0.3) is 0 Å². The number of hydrogen-bond acceptors (Lipinski definition) is 2. The zero-order valence-corrected chi connectivity index (χ0v) is 34.1. The molecule has 3 heteroatoms. The minimum atomic E-state index is 0. The fraction of sp³-hybridized carbons (Fsp3) is 0.240. The van der Waals surface area contributed by atoms with Crippen LogP contribution < -0.4 is 0 Å². The Balaban J connectivity index is 0.000000178. The maximum absolute atomic E-state index is 6.03. The Morgan fingerprint density at radius 1 is 0.434 bits per heavy atom. The second-order valence-electron chi connectivity index (χ2n) is 14.0. The summed E-state index contributed by atoms with van der Waals surface area (Å²) in [6.45, 7) is 8.80. The van der Waals surface area contributed by atoms with Gasteiger partial charge in [-0.25, -0.2) is 0 Å². The Hall–Kier alpha value is -4.46. The summed E-state index contributed by atoms with van der Waals surface area (Å²) in [5, 5.41) is 5.12. The van der Waals surface area contributed by atoms with E-state index in [4.69, 9.17) is 8.83 Å². The summed E-state index contributed by atoms with van der Waals surface area (Å²) in [5.41, 5.74) is 10.3. The van der Waals surface area contributed by atoms with Crippen molar-refractivity contribution in [3.8, 4) is 44.9 Å². The van der Waals surface area contributed by atoms with Gasteiger partial charge in [-0.1, -0.05) is 136 Å². The Labute approximate surface area is 334 Å². The van der Waals surface area contributed by atoms with Crippen molar-refractivity contribution in [2.45, 2.75) is 79.1 Å². The van der Waals surface area contributed by atoms with Crippen LogP contribution in [-0.2, 0) is 51.9 Å². The van der Waals surface area contributed by atoms with Crippen LogP contribution in [0.1, 0.15) is 76.0 Å². The second kappa shape index (κ2) is 18.0. The zero-order valence-electron chi connectivity index (χ0n) is 31.7. The molecule has 2 nitrogen and oxygen atoms in total. The molecule has 6 aromatic carbocycles. The van der Waals surface area contributed by atoms with E-state index < -0.39 is 0 Å². The molecule has 53 heavy (non-hydrogen) atoms. The van der Waals surface area contributed by atoms with Gasteiger partial charge in [-0.15, -0.1) is 57.9 Å². The summed E-state index contributed by atoms with van der Waals surface area (Å²) in [7, 11) is 0. The van der Waals surface area contributed by atoms with Crippen LogP contribution >= 0.6 is 0 Å². The summed E-state index contributed by atoms with van der Waals surface area (Å²) in [6, 6.07) is 48.5. The first kappa shape index (κ1) is 38.3. The Bertz CT molecular complexity index is 2170. The number of rotatable bonds is 12. The number of furan rings is 2. The minimum Gasteiger partial charge on any atom is -0.496 e. The van der Waals surface area contributed by atoms with E-state index >= 15 is 0 Å². The third kappa shape index (κ3) is 8.85. The number of hydrogen-bond donors (Lipinski definition) is 0. The van der Waals surface area contributed by atoms with Crippen LogP contribution in [0.15, 0.2) is 142 Å². The van der Waals surface area contributed by atoms with Gasteiger partial charge in [-0.05, 0) is 72.2 Å². The molecule has 0 bridgehead atoms. The average molecular weight is 774 g/mol. The fourth-order valence-corrected chi connectivity index (χ4v) is 7.36. The number of fused-ring (bicyclic) bond motifs is 2. The van der Waals surface area contributed by atoms with E-state index in [0.717, 1.165) is 72.7 Å². The van der Waals surface area contributed by atoms with Crippen molar-refractivity contribution in [2.75, 3.05) is 0 Å². The normalized spacial score (nSPS) is 11.1. The molecule has 0 saturated carbocycles. The Kier molecular flexibility index (Phi) is 13.0. The standard InChI is InChI=1S/2C25H25O.Zr/c2*1-3-6-18-10-12-19(13-11-18)23-9-5-8-20-16-21(17-24(20)23)25-15-14-22(26-25)7-4-2;/h2*5,8-17H,3-4,6-7H2,1-2H3;/q2*-1;+2. The smallest absolute Gasteiger partial charge is 0.496 e. The molecular weight excluding hydrogens is 724 g/mol. The van der Waals surface area contributed by atoms with E-state index in [2.05, 4.69) is 161 Å². The van der Waals surface area contributed by atoms with Gasteiger partial charge in [0.1, 0.15) is 0 Å². The molecule has 266 valence electrons. The predicted octanol–water partition coefficient (Wildman–Crippen LogP) is 14.8. The van der Waals surface area contributed by atoms with Gasteiger partial charge in [0.05, 0.1) is 23.0 Å². The first-order chi connectivity index (χ1) is 25.6. The van der Waals surface area contributed by atoms with Crippen LogP contribution in [0.4, 0.5) is 0 Å². The van der Waals surface area contributed by atoms with Crippen molar-refractivity contribution in [2.24, 2.45) is 0 Å². The van der Waals surface area contributed by atoms with Crippen LogP contribution in [0.5, 0.6) is 0 Å². The van der Waals surface area contributed by atoms with E-state index in [1.165, 1.54) is 67.8 Å². The molecule has 2 aromatic heterocycles. The molecule has 2 heterocycles. The quantitative estimate of drug-likeness (QED) is 0.116. The van der Waals surface area contributed by atoms with E-state index in [1.54, 1.807) is 0 Å². The zero-order chi connectivity index (χ0) is 35.9. The molecule has 0 unspecified atom stereocenters. The molecule has 0 fully saturated rings. The first-order valence-electron chi connectivity index (χ1n) is 19.3. The topological polar surface area (TPSA) is 26.3 Å². The summed E-state index contributed by atoms with van der Waals surface area (Å²) in [5.74, 6) is 4.07. The molecule has 0 aliphatic rings. The predicted molar refractivity (Wildman–Crippen MR) is 221 cm³/mol. The van der Waals surface area contributed by atoms with Gasteiger partial charge in [0, 0.05) is 12.8 Å². The summed E-state index contributed by atoms with van der Waals surface area (Å²) < 4.78 is 12.1. The molecule has 0 N–H and O–H groups in total. The van der Waals surface area contributed by atoms with Crippen molar-refractivity contribution < 1.29 is 35.0 Å². The second-order valence-corrected chi connectivity index (χ2v) is 14.0. The van der Waals surface area contributed by atoms with Crippen LogP contribution in [0.3, 0.4) is 0 Å². The Morgan fingerprint density at radius 2 is 0.830 bits per heavy atom. The van der Waals surface area contributed by atoms with Gasteiger partial charge in [0.2, 0.25) is 0 Å². The minimum absolute atomic E-state index is 0. The van der Waals surface area contributed by atoms with Gasteiger partial charge in [0.15, 0.2) is 0 Å². The van der Waals surface area contributed by atoms with E-state index in [1.807, 2.05) is 0 Å². The molecule has 0 radical (unpaired) electrons. The summed E-state index contributed by atoms with van der Waals surface area (Å²) in [4.78, 5) is 0. The molecule has 0 atom stereocenters. The molecule has 0 spiro atoms. The summed E-state index contributed by atoms with van der Waals surface area (Å²) >= 11 is 0. The molecule has 0 amide bonds. The van der Waals surface area contributed by atoms with Crippen molar-refractivity contribution >= 4 is 21.5 Å². The fourth-order valence-electron chi connectivity index (χ4n) is 7.36. The van der Waals surface area contributed by atoms with Crippen LogP contribution in [0, 0.1) is 0 Å². The molecule has 0 aliphatic carbocycles. The average Bonchev–Trinajstić information content (AvgIpc) is 3.99. The maximum atomic E-state index is 6.03. The first-order valence-corrected chi connectivity index (χ1v) is 19.3. The van der Waals surface area contributed by atoms with Crippen LogP contribution in [-0.4, -0.2) is 0 Å². The monoisotopic (exact) mass is 772 g/mol. The largest absolute Gasteiger partial charge is 2.00 e. The Morgan fingerprint density at radius 3 is 1.21 bits per heavy atom. The van der Waals surface area contributed by atoms with Gasteiger partial charge in [-0.2, -0.15) is 0 Å². The summed E-state index contributed by atoms with van der Waals surface area (Å²) in [6.07, 6.45) is 8.86. The van der Waals surface area contributed by atoms with Crippen LogP contribution in [0.2, 0.25) is 0 Å². The van der Waals surface area contributed by atoms with E-state index in [0.29, 0.717) is 0 Å². The molecule has 8 rings (SSSR count). The molecule has 8 aromatic rings. The van der Waals surface area contributed by atoms with Crippen LogP contribution in [0.25, 0.3) is 66.4 Å². The number of aryl methyl sites for hydroxylation is 4. The van der Waals surface area contributed by atoms with Gasteiger partial charge in [-0.3, -0.25) is 0 Å². The van der Waals surface area contributed by atoms with Crippen molar-refractivity contribution in [1.82, 2.24) is 0 Å². The third-order valence-electron chi connectivity index (χ3n) is 9.99. The van der Waals surface area contributed by atoms with Crippen molar-refractivity contribution in [3.63, 3.8) is 0 Å². The molecule has 0 aliphatic heterocycles. The van der Waals surface area contributed by atoms with Crippen molar-refractivity contribution in [3.05, 3.63) is 156 Å². The van der Waals surface area contributed by atoms with Crippen molar-refractivity contribution in [1.29, 1.82) is 0 Å². The maximum Gasteiger partial charge on any atom is 2.00 e. The van der Waals surface area contributed by atoms with Gasteiger partial charge >= 0.3 is 26.2 Å². The third-order valence-corrected chi connectivity index (χ3v) is 9.99. The van der Waals surface area contributed by atoms with E-state index in [9.17, 15) is 0 Å².